The fourth-order valence-corrected chi connectivity index (χ4v) is 1.97. The molecule has 2 N–H and O–H groups in total. The fraction of sp³-hybridized carbons (Fsp3) is 0.615. The summed E-state index contributed by atoms with van der Waals surface area (Å²) >= 11 is 0. The van der Waals surface area contributed by atoms with E-state index in [0.717, 1.165) is 31.1 Å². The van der Waals surface area contributed by atoms with Crippen LogP contribution in [-0.4, -0.2) is 30.2 Å². The predicted octanol–water partition coefficient (Wildman–Crippen LogP) is 1.32. The zero-order chi connectivity index (χ0) is 12.1. The molecule has 1 unspecified atom stereocenters. The largest absolute Gasteiger partial charge is 0.475 e. The van der Waals surface area contributed by atoms with Crippen LogP contribution in [0.4, 0.5) is 0 Å². The third kappa shape index (κ3) is 3.68. The minimum Gasteiger partial charge on any atom is -0.475 e. The Balaban J connectivity index is 1.94. The maximum absolute atomic E-state index is 5.69. The number of hydrogen-bond donors (Lipinski definition) is 2. The molecule has 1 aliphatic heterocycles. The van der Waals surface area contributed by atoms with Crippen LogP contribution in [0.5, 0.6) is 5.88 Å². The van der Waals surface area contributed by atoms with Crippen molar-refractivity contribution in [1.29, 1.82) is 0 Å². The van der Waals surface area contributed by atoms with Crippen LogP contribution in [0.1, 0.15) is 25.8 Å². The maximum Gasteiger partial charge on any atom is 0.218 e. The first-order valence-electron chi connectivity index (χ1n) is 6.30. The molecule has 0 spiro atoms. The van der Waals surface area contributed by atoms with Gasteiger partial charge < -0.3 is 15.4 Å². The summed E-state index contributed by atoms with van der Waals surface area (Å²) in [5, 5.41) is 6.88. The van der Waals surface area contributed by atoms with E-state index >= 15 is 0 Å². The van der Waals surface area contributed by atoms with Crippen LogP contribution < -0.4 is 15.4 Å². The molecule has 4 heteroatoms. The molecule has 1 fully saturated rings. The van der Waals surface area contributed by atoms with Gasteiger partial charge in [-0.15, -0.1) is 0 Å². The van der Waals surface area contributed by atoms with Gasteiger partial charge in [-0.1, -0.05) is 6.07 Å². The van der Waals surface area contributed by atoms with Gasteiger partial charge in [0.15, 0.2) is 0 Å². The number of aromatic nitrogens is 1. The summed E-state index contributed by atoms with van der Waals surface area (Å²) in [6, 6.07) is 4.60. The Morgan fingerprint density at radius 2 is 2.47 bits per heavy atom. The zero-order valence-corrected chi connectivity index (χ0v) is 10.6. The standard InChI is InChI=1S/C13H21N3O/c1-10(2)17-13-11(4-3-6-15-13)8-16-12-5-7-14-9-12/h3-4,6,10,12,14,16H,5,7-9H2,1-2H3. The van der Waals surface area contributed by atoms with E-state index in [1.165, 1.54) is 6.42 Å². The molecular weight excluding hydrogens is 214 g/mol. The van der Waals surface area contributed by atoms with Crippen LogP contribution in [0, 0.1) is 0 Å². The van der Waals surface area contributed by atoms with Crippen molar-refractivity contribution in [2.75, 3.05) is 13.1 Å². The molecule has 0 aromatic carbocycles. The first-order chi connectivity index (χ1) is 8.25. The SMILES string of the molecule is CC(C)Oc1ncccc1CNC1CCNC1. The van der Waals surface area contributed by atoms with Gasteiger partial charge in [0.05, 0.1) is 6.10 Å². The molecule has 0 bridgehead atoms. The smallest absolute Gasteiger partial charge is 0.218 e. The van der Waals surface area contributed by atoms with E-state index in [2.05, 4.69) is 21.7 Å². The molecule has 1 saturated heterocycles. The van der Waals surface area contributed by atoms with Gasteiger partial charge in [0.25, 0.3) is 0 Å². The number of hydrogen-bond acceptors (Lipinski definition) is 4. The average Bonchev–Trinajstić information content (AvgIpc) is 2.80. The third-order valence-electron chi connectivity index (χ3n) is 2.84. The van der Waals surface area contributed by atoms with E-state index in [1.807, 2.05) is 19.9 Å². The molecule has 2 heterocycles. The normalized spacial score (nSPS) is 19.8. The van der Waals surface area contributed by atoms with Gasteiger partial charge in [-0.05, 0) is 32.9 Å². The van der Waals surface area contributed by atoms with Gasteiger partial charge in [0.1, 0.15) is 0 Å². The molecule has 1 aromatic rings. The molecule has 1 atom stereocenters. The van der Waals surface area contributed by atoms with Crippen LogP contribution >= 0.6 is 0 Å². The van der Waals surface area contributed by atoms with Gasteiger partial charge in [-0.25, -0.2) is 4.98 Å². The van der Waals surface area contributed by atoms with Crippen molar-refractivity contribution in [2.24, 2.45) is 0 Å². The summed E-state index contributed by atoms with van der Waals surface area (Å²) in [7, 11) is 0. The summed E-state index contributed by atoms with van der Waals surface area (Å²) in [6.45, 7) is 7.03. The van der Waals surface area contributed by atoms with Gasteiger partial charge in [0.2, 0.25) is 5.88 Å². The Morgan fingerprint density at radius 3 is 3.18 bits per heavy atom. The van der Waals surface area contributed by atoms with Crippen molar-refractivity contribution in [3.63, 3.8) is 0 Å². The number of nitrogens with zero attached hydrogens (tertiary/aromatic N) is 1. The lowest BCUT2D eigenvalue weighted by molar-refractivity contribution is 0.229. The predicted molar refractivity (Wildman–Crippen MR) is 68.1 cm³/mol. The van der Waals surface area contributed by atoms with E-state index in [9.17, 15) is 0 Å². The number of ether oxygens (including phenoxy) is 1. The summed E-state index contributed by atoms with van der Waals surface area (Å²) in [6.07, 6.45) is 3.13. The molecule has 0 saturated carbocycles. The monoisotopic (exact) mass is 235 g/mol. The van der Waals surface area contributed by atoms with Gasteiger partial charge in [0, 0.05) is 30.9 Å². The van der Waals surface area contributed by atoms with Crippen molar-refractivity contribution < 1.29 is 4.74 Å². The molecule has 0 radical (unpaired) electrons. The highest BCUT2D eigenvalue weighted by Crippen LogP contribution is 2.16. The van der Waals surface area contributed by atoms with E-state index in [4.69, 9.17) is 4.74 Å². The average molecular weight is 235 g/mol. The Kier molecular flexibility index (Phi) is 4.34. The highest BCUT2D eigenvalue weighted by molar-refractivity contribution is 5.25. The second kappa shape index (κ2) is 5.98. The second-order valence-electron chi connectivity index (χ2n) is 4.70. The summed E-state index contributed by atoms with van der Waals surface area (Å²) in [5.74, 6) is 0.751. The van der Waals surface area contributed by atoms with Gasteiger partial charge >= 0.3 is 0 Å². The Bertz CT molecular complexity index is 348. The third-order valence-corrected chi connectivity index (χ3v) is 2.84. The van der Waals surface area contributed by atoms with Gasteiger partial charge in [-0.2, -0.15) is 0 Å². The van der Waals surface area contributed by atoms with Crippen molar-refractivity contribution in [1.82, 2.24) is 15.6 Å². The first-order valence-corrected chi connectivity index (χ1v) is 6.30. The van der Waals surface area contributed by atoms with E-state index < -0.39 is 0 Å². The number of rotatable bonds is 5. The summed E-state index contributed by atoms with van der Waals surface area (Å²) in [4.78, 5) is 4.29. The van der Waals surface area contributed by atoms with Crippen LogP contribution in [0.3, 0.4) is 0 Å². The maximum atomic E-state index is 5.69. The molecule has 17 heavy (non-hydrogen) atoms. The molecule has 1 aliphatic rings. The lowest BCUT2D eigenvalue weighted by Gasteiger charge is -2.15. The van der Waals surface area contributed by atoms with Crippen molar-refractivity contribution in [3.05, 3.63) is 23.9 Å². The Morgan fingerprint density at radius 1 is 1.59 bits per heavy atom. The van der Waals surface area contributed by atoms with E-state index in [1.54, 1.807) is 6.20 Å². The highest BCUT2D eigenvalue weighted by Gasteiger charge is 2.14. The van der Waals surface area contributed by atoms with Crippen LogP contribution in [0.25, 0.3) is 0 Å². The molecule has 0 amide bonds. The molecule has 1 aromatic heterocycles. The molecule has 2 rings (SSSR count). The van der Waals surface area contributed by atoms with Crippen molar-refractivity contribution in [2.45, 2.75) is 39.0 Å². The number of nitrogens with one attached hydrogen (secondary N) is 2. The fourth-order valence-electron chi connectivity index (χ4n) is 1.97. The minimum atomic E-state index is 0.164. The molecule has 4 nitrogen and oxygen atoms in total. The van der Waals surface area contributed by atoms with E-state index in [0.29, 0.717) is 6.04 Å². The zero-order valence-electron chi connectivity index (χ0n) is 10.6. The Labute approximate surface area is 103 Å². The molecular formula is C13H21N3O. The second-order valence-corrected chi connectivity index (χ2v) is 4.70. The van der Waals surface area contributed by atoms with Crippen LogP contribution in [0.15, 0.2) is 18.3 Å². The van der Waals surface area contributed by atoms with Crippen LogP contribution in [0.2, 0.25) is 0 Å². The van der Waals surface area contributed by atoms with E-state index in [-0.39, 0.29) is 6.10 Å². The summed E-state index contributed by atoms with van der Waals surface area (Å²) in [5.41, 5.74) is 1.13. The quantitative estimate of drug-likeness (QED) is 0.808. The molecule has 94 valence electrons. The van der Waals surface area contributed by atoms with Gasteiger partial charge in [-0.3, -0.25) is 0 Å². The molecule has 0 aliphatic carbocycles. The highest BCUT2D eigenvalue weighted by atomic mass is 16.5. The Hall–Kier alpha value is -1.13. The lowest BCUT2D eigenvalue weighted by atomic mass is 10.2. The minimum absolute atomic E-state index is 0.164. The van der Waals surface area contributed by atoms with Crippen molar-refractivity contribution in [3.8, 4) is 5.88 Å². The topological polar surface area (TPSA) is 46.2 Å². The van der Waals surface area contributed by atoms with Crippen molar-refractivity contribution >= 4 is 0 Å². The summed E-state index contributed by atoms with van der Waals surface area (Å²) < 4.78 is 5.69. The first kappa shape index (κ1) is 12.3. The lowest BCUT2D eigenvalue weighted by Crippen LogP contribution is -2.30. The van der Waals surface area contributed by atoms with Crippen LogP contribution in [-0.2, 0) is 6.54 Å². The number of pyridine rings is 1.